The molecule has 22 heavy (non-hydrogen) atoms. The van der Waals surface area contributed by atoms with Crippen molar-refractivity contribution in [2.75, 3.05) is 0 Å². The van der Waals surface area contributed by atoms with Gasteiger partial charge in [0.15, 0.2) is 0 Å². The van der Waals surface area contributed by atoms with Crippen LogP contribution in [0.1, 0.15) is 21.5 Å². The summed E-state index contributed by atoms with van der Waals surface area (Å²) in [5.41, 5.74) is 4.51. The van der Waals surface area contributed by atoms with Crippen LogP contribution in [-0.2, 0) is 6.18 Å². The number of amides is 1. The number of alkyl halides is 3. The van der Waals surface area contributed by atoms with Crippen molar-refractivity contribution in [3.63, 3.8) is 0 Å². The Hall–Kier alpha value is -2.83. The highest BCUT2D eigenvalue weighted by Gasteiger charge is 2.30. The second kappa shape index (κ2) is 7.26. The molecular weight excluding hydrogens is 297 g/mol. The number of benzene rings is 2. The summed E-state index contributed by atoms with van der Waals surface area (Å²) in [5, 5.41) is 15.7. The van der Waals surface area contributed by atoms with Gasteiger partial charge in [0.25, 0.3) is 0 Å². The van der Waals surface area contributed by atoms with Crippen molar-refractivity contribution in [3.05, 3.63) is 65.2 Å². The third-order valence-electron chi connectivity index (χ3n) is 2.57. The van der Waals surface area contributed by atoms with Gasteiger partial charge in [-0.15, -0.1) is 0 Å². The van der Waals surface area contributed by atoms with E-state index in [1.807, 2.05) is 6.07 Å². The van der Waals surface area contributed by atoms with Gasteiger partial charge in [-0.25, -0.2) is 0 Å². The summed E-state index contributed by atoms with van der Waals surface area (Å²) in [5.74, 6) is -0.710. The largest absolute Gasteiger partial charge is 0.507 e. The summed E-state index contributed by atoms with van der Waals surface area (Å²) in [4.78, 5) is 10.4. The zero-order valence-corrected chi connectivity index (χ0v) is 11.3. The molecule has 0 saturated carbocycles. The Morgan fingerprint density at radius 2 is 1.73 bits per heavy atom. The van der Waals surface area contributed by atoms with E-state index in [-0.39, 0.29) is 17.2 Å². The van der Waals surface area contributed by atoms with E-state index in [1.54, 1.807) is 24.3 Å². The molecule has 0 aliphatic carbocycles. The van der Waals surface area contributed by atoms with E-state index in [0.29, 0.717) is 11.8 Å². The van der Waals surface area contributed by atoms with Gasteiger partial charge < -0.3 is 16.2 Å². The van der Waals surface area contributed by atoms with Gasteiger partial charge in [0.2, 0.25) is 5.91 Å². The van der Waals surface area contributed by atoms with Gasteiger partial charge in [-0.2, -0.15) is 13.2 Å². The fourth-order valence-corrected chi connectivity index (χ4v) is 1.45. The fraction of sp³-hybridized carbons (Fsp3) is 0.0667. The van der Waals surface area contributed by atoms with Crippen LogP contribution >= 0.6 is 0 Å². The Balaban J connectivity index is 0.000000235. The molecule has 0 fully saturated rings. The van der Waals surface area contributed by atoms with Gasteiger partial charge in [-0.3, -0.25) is 4.79 Å². The minimum absolute atomic E-state index is 0.144. The molecule has 116 valence electrons. The lowest BCUT2D eigenvalue weighted by atomic mass is 10.1. The summed E-state index contributed by atoms with van der Waals surface area (Å²) in [7, 11) is 0. The molecule has 0 unspecified atom stereocenters. The number of hydrogen-bond donors (Lipinski definition) is 3. The van der Waals surface area contributed by atoms with Crippen molar-refractivity contribution < 1.29 is 23.1 Å². The molecule has 1 amide bonds. The summed E-state index contributed by atoms with van der Waals surface area (Å²) in [6.45, 7) is 0. The normalized spacial score (nSPS) is 10.3. The van der Waals surface area contributed by atoms with E-state index in [0.717, 1.165) is 18.2 Å². The minimum atomic E-state index is -4.44. The molecule has 2 aromatic rings. The van der Waals surface area contributed by atoms with Crippen LogP contribution in [0.5, 0.6) is 5.75 Å². The molecule has 0 radical (unpaired) electrons. The lowest BCUT2D eigenvalue weighted by Gasteiger charge is -2.07. The number of aromatic hydroxyl groups is 1. The number of primary amides is 1. The van der Waals surface area contributed by atoms with Gasteiger partial charge in [0.1, 0.15) is 5.75 Å². The standard InChI is InChI=1S/C8H6F3NO.C7H7NO/c9-8(10,11)6-1-2-7(13)5(3-6)4-12;8-7(9)6-4-2-1-3-5-6/h1-4,12-13H;1-5H,(H2,8,9). The molecule has 4 N–H and O–H groups in total. The van der Waals surface area contributed by atoms with Crippen molar-refractivity contribution in [3.8, 4) is 5.75 Å². The molecule has 4 nitrogen and oxygen atoms in total. The molecule has 0 aromatic heterocycles. The van der Waals surface area contributed by atoms with Crippen molar-refractivity contribution in [1.82, 2.24) is 0 Å². The van der Waals surface area contributed by atoms with Crippen LogP contribution in [0.25, 0.3) is 0 Å². The van der Waals surface area contributed by atoms with E-state index in [1.165, 1.54) is 0 Å². The number of nitrogens with one attached hydrogen (secondary N) is 1. The zero-order valence-electron chi connectivity index (χ0n) is 11.3. The van der Waals surface area contributed by atoms with Crippen molar-refractivity contribution in [2.24, 2.45) is 5.73 Å². The third-order valence-corrected chi connectivity index (χ3v) is 2.57. The molecule has 0 atom stereocenters. The highest BCUT2D eigenvalue weighted by molar-refractivity contribution is 5.92. The molecule has 0 saturated heterocycles. The summed E-state index contributed by atoms with van der Waals surface area (Å²) < 4.78 is 36.2. The van der Waals surface area contributed by atoms with Crippen LogP contribution in [0.15, 0.2) is 48.5 Å². The first-order valence-corrected chi connectivity index (χ1v) is 6.01. The molecular formula is C15H13F3N2O2. The number of nitrogens with two attached hydrogens (primary N) is 1. The number of hydrogen-bond acceptors (Lipinski definition) is 3. The first-order chi connectivity index (χ1) is 10.3. The van der Waals surface area contributed by atoms with Gasteiger partial charge in [0, 0.05) is 17.3 Å². The van der Waals surface area contributed by atoms with Crippen LogP contribution in [0.4, 0.5) is 13.2 Å². The average molecular weight is 310 g/mol. The Morgan fingerprint density at radius 1 is 1.14 bits per heavy atom. The quantitative estimate of drug-likeness (QED) is 0.744. The minimum Gasteiger partial charge on any atom is -0.507 e. The molecule has 0 heterocycles. The Labute approximate surface area is 124 Å². The zero-order chi connectivity index (χ0) is 16.8. The van der Waals surface area contributed by atoms with Crippen LogP contribution in [0.2, 0.25) is 0 Å². The average Bonchev–Trinajstić information content (AvgIpc) is 2.48. The van der Waals surface area contributed by atoms with E-state index in [9.17, 15) is 18.0 Å². The van der Waals surface area contributed by atoms with E-state index in [2.05, 4.69) is 0 Å². The van der Waals surface area contributed by atoms with Crippen LogP contribution in [0, 0.1) is 5.41 Å². The van der Waals surface area contributed by atoms with Crippen LogP contribution in [0.3, 0.4) is 0 Å². The smallest absolute Gasteiger partial charge is 0.416 e. The highest BCUT2D eigenvalue weighted by Crippen LogP contribution is 2.31. The maximum atomic E-state index is 12.1. The van der Waals surface area contributed by atoms with Crippen molar-refractivity contribution in [1.29, 1.82) is 5.41 Å². The third kappa shape index (κ3) is 4.93. The maximum absolute atomic E-state index is 12.1. The van der Waals surface area contributed by atoms with Gasteiger partial charge in [-0.1, -0.05) is 18.2 Å². The molecule has 0 bridgehead atoms. The SMILES string of the molecule is N=Cc1cc(C(F)(F)F)ccc1O.NC(=O)c1ccccc1. The van der Waals surface area contributed by atoms with Gasteiger partial charge >= 0.3 is 6.18 Å². The predicted octanol–water partition coefficient (Wildman–Crippen LogP) is 3.19. The number of rotatable bonds is 2. The highest BCUT2D eigenvalue weighted by atomic mass is 19.4. The maximum Gasteiger partial charge on any atom is 0.416 e. The predicted molar refractivity (Wildman–Crippen MR) is 76.0 cm³/mol. The molecule has 2 aromatic carbocycles. The summed E-state index contributed by atoms with van der Waals surface area (Å²) >= 11 is 0. The monoisotopic (exact) mass is 310 g/mol. The molecule has 0 aliphatic rings. The molecule has 2 rings (SSSR count). The Bertz CT molecular complexity index is 656. The van der Waals surface area contributed by atoms with E-state index in [4.69, 9.17) is 16.2 Å². The fourth-order valence-electron chi connectivity index (χ4n) is 1.45. The first-order valence-electron chi connectivity index (χ1n) is 6.01. The topological polar surface area (TPSA) is 87.2 Å². The van der Waals surface area contributed by atoms with E-state index < -0.39 is 11.7 Å². The van der Waals surface area contributed by atoms with Gasteiger partial charge in [-0.05, 0) is 30.3 Å². The lowest BCUT2D eigenvalue weighted by molar-refractivity contribution is -0.137. The number of carbonyl (C=O) groups is 1. The summed E-state index contributed by atoms with van der Waals surface area (Å²) in [6.07, 6.45) is -3.77. The molecule has 0 spiro atoms. The number of phenolic OH excluding ortho intramolecular Hbond substituents is 1. The van der Waals surface area contributed by atoms with Gasteiger partial charge in [0.05, 0.1) is 5.56 Å². The Morgan fingerprint density at radius 3 is 2.14 bits per heavy atom. The Kier molecular flexibility index (Phi) is 5.68. The number of phenols is 1. The van der Waals surface area contributed by atoms with Crippen molar-refractivity contribution in [2.45, 2.75) is 6.18 Å². The number of carbonyl (C=O) groups excluding carboxylic acids is 1. The molecule has 0 aliphatic heterocycles. The first kappa shape index (κ1) is 17.2. The second-order valence-corrected chi connectivity index (χ2v) is 4.15. The molecule has 7 heteroatoms. The summed E-state index contributed by atoms with van der Waals surface area (Å²) in [6, 6.07) is 11.2. The van der Waals surface area contributed by atoms with E-state index >= 15 is 0 Å². The number of halogens is 3. The lowest BCUT2D eigenvalue weighted by Crippen LogP contribution is -2.09. The van der Waals surface area contributed by atoms with Crippen LogP contribution in [-0.4, -0.2) is 17.2 Å². The second-order valence-electron chi connectivity index (χ2n) is 4.15. The van der Waals surface area contributed by atoms with Crippen molar-refractivity contribution >= 4 is 12.1 Å². The van der Waals surface area contributed by atoms with Crippen LogP contribution < -0.4 is 5.73 Å².